The summed E-state index contributed by atoms with van der Waals surface area (Å²) in [6.45, 7) is 0. The van der Waals surface area contributed by atoms with Crippen molar-refractivity contribution >= 4 is 70.7 Å². The van der Waals surface area contributed by atoms with E-state index in [-0.39, 0.29) is 0 Å². The van der Waals surface area contributed by atoms with E-state index >= 15 is 0 Å². The molecule has 1 aliphatic rings. The molecule has 0 saturated carbocycles. The summed E-state index contributed by atoms with van der Waals surface area (Å²) in [6.07, 6.45) is 0. The van der Waals surface area contributed by atoms with Gasteiger partial charge in [0, 0.05) is 5.41 Å². The molecule has 0 aromatic heterocycles. The maximum atomic E-state index is 5.61. The third kappa shape index (κ3) is 4.78. The Bertz CT molecular complexity index is 123. The van der Waals surface area contributed by atoms with Crippen LogP contribution < -0.4 is 5.73 Å². The number of hydrogen-bond donors (Lipinski definition) is 1. The van der Waals surface area contributed by atoms with Gasteiger partial charge in [-0.15, -0.1) is 0 Å². The van der Waals surface area contributed by atoms with Gasteiger partial charge < -0.3 is 5.73 Å². The lowest BCUT2D eigenvalue weighted by Gasteiger charge is -1.93. The first-order valence-corrected chi connectivity index (χ1v) is 10.9. The van der Waals surface area contributed by atoms with Gasteiger partial charge in [-0.3, -0.25) is 0 Å². The largest absolute Gasteiger partial charge is 0.392 e. The monoisotopic (exact) mass is 265 g/mol. The summed E-state index contributed by atoms with van der Waals surface area (Å²) >= 11 is 0. The molecule has 0 amide bonds. The van der Waals surface area contributed by atoms with Crippen LogP contribution >= 0.6 is 70.7 Å². The van der Waals surface area contributed by atoms with Crippen LogP contribution in [0.4, 0.5) is 0 Å². The summed E-state index contributed by atoms with van der Waals surface area (Å²) in [5.41, 5.74) is 5.61. The molecule has 1 aliphatic heterocycles. The number of nitrogens with two attached hydrogens (primary N) is 1. The molecule has 1 heterocycles. The van der Waals surface area contributed by atoms with E-state index in [2.05, 4.69) is 0 Å². The molecule has 0 aromatic carbocycles. The highest BCUT2D eigenvalue weighted by molar-refractivity contribution is 9.46. The summed E-state index contributed by atoms with van der Waals surface area (Å²) in [5.74, 6) is 0. The van der Waals surface area contributed by atoms with E-state index in [1.54, 1.807) is 70.7 Å². The molecule has 0 aliphatic carbocycles. The quantitative estimate of drug-likeness (QED) is 0.645. The van der Waals surface area contributed by atoms with Crippen LogP contribution in [0.25, 0.3) is 0 Å². The van der Waals surface area contributed by atoms with E-state index in [0.717, 1.165) is 5.03 Å². The Morgan fingerprint density at radius 2 is 1.70 bits per heavy atom. The molecular weight excluding hydrogens is 262 g/mol. The topological polar surface area (TPSA) is 26.0 Å². The van der Waals surface area contributed by atoms with Gasteiger partial charge in [0.15, 0.2) is 0 Å². The smallest absolute Gasteiger partial charge is 0.0844 e. The molecule has 0 spiro atoms. The zero-order valence-electron chi connectivity index (χ0n) is 4.51. The second-order valence-electron chi connectivity index (χ2n) is 1.04. The van der Waals surface area contributed by atoms with Crippen molar-refractivity contribution in [3.05, 3.63) is 10.4 Å². The first kappa shape index (κ1) is 10.1. The molecule has 8 heteroatoms. The maximum absolute atomic E-state index is 5.61. The molecule has 0 fully saturated rings. The first-order valence-electron chi connectivity index (χ1n) is 2.02. The minimum atomic E-state index is 0.887. The summed E-state index contributed by atoms with van der Waals surface area (Å²) in [7, 11) is 12.0. The molecule has 0 bridgehead atoms. The standard InChI is InChI=1S/C2H3NS7/c3-2-1-4-6-8-10-9-7-5-2/h1H,3H2. The SMILES string of the molecule is NC1=CSSSSSSS1. The van der Waals surface area contributed by atoms with Gasteiger partial charge >= 0.3 is 0 Å². The lowest BCUT2D eigenvalue weighted by Crippen LogP contribution is -1.86. The zero-order valence-corrected chi connectivity index (χ0v) is 10.2. The van der Waals surface area contributed by atoms with Crippen LogP contribution in [0.2, 0.25) is 0 Å². The summed E-state index contributed by atoms with van der Waals surface area (Å²) in [6, 6.07) is 0. The van der Waals surface area contributed by atoms with Gasteiger partial charge in [0.25, 0.3) is 0 Å². The van der Waals surface area contributed by atoms with Crippen LogP contribution in [0.15, 0.2) is 10.4 Å². The average Bonchev–Trinajstić information content (AvgIpc) is 2.02. The van der Waals surface area contributed by atoms with Crippen molar-refractivity contribution in [2.24, 2.45) is 5.73 Å². The van der Waals surface area contributed by atoms with E-state index in [4.69, 9.17) is 5.73 Å². The minimum absolute atomic E-state index is 0.887. The van der Waals surface area contributed by atoms with Gasteiger partial charge in [0.1, 0.15) is 0 Å². The van der Waals surface area contributed by atoms with Crippen LogP contribution in [0.1, 0.15) is 0 Å². The summed E-state index contributed by atoms with van der Waals surface area (Å²) < 4.78 is 0. The van der Waals surface area contributed by atoms with Crippen LogP contribution in [0.5, 0.6) is 0 Å². The second-order valence-corrected chi connectivity index (χ2v) is 12.0. The van der Waals surface area contributed by atoms with Crippen molar-refractivity contribution in [1.82, 2.24) is 0 Å². The lowest BCUT2D eigenvalue weighted by atomic mass is 11.1. The van der Waals surface area contributed by atoms with Crippen molar-refractivity contribution < 1.29 is 0 Å². The molecule has 0 atom stereocenters. The summed E-state index contributed by atoms with van der Waals surface area (Å²) in [5, 5.41) is 2.86. The fourth-order valence-corrected chi connectivity index (χ4v) is 13.6. The molecule has 1 rings (SSSR count). The predicted octanol–water partition coefficient (Wildman–Crippen LogP) is 4.38. The van der Waals surface area contributed by atoms with Crippen molar-refractivity contribution in [3.8, 4) is 0 Å². The molecule has 58 valence electrons. The highest BCUT2D eigenvalue weighted by atomic mass is 33.9. The van der Waals surface area contributed by atoms with E-state index in [1.807, 2.05) is 5.41 Å². The predicted molar refractivity (Wildman–Crippen MR) is 65.4 cm³/mol. The van der Waals surface area contributed by atoms with Crippen LogP contribution in [0, 0.1) is 0 Å². The highest BCUT2D eigenvalue weighted by Gasteiger charge is 2.00. The molecule has 0 radical (unpaired) electrons. The van der Waals surface area contributed by atoms with E-state index in [0.29, 0.717) is 0 Å². The summed E-state index contributed by atoms with van der Waals surface area (Å²) in [4.78, 5) is 0. The molecule has 0 unspecified atom stereocenters. The third-order valence-corrected chi connectivity index (χ3v) is 12.9. The minimum Gasteiger partial charge on any atom is -0.392 e. The normalized spacial score (nSPS) is 22.2. The molecule has 0 aromatic rings. The Balaban J connectivity index is 2.29. The highest BCUT2D eigenvalue weighted by Crippen LogP contribution is 2.57. The Labute approximate surface area is 86.0 Å². The third-order valence-electron chi connectivity index (χ3n) is 0.445. The Hall–Kier alpha value is 1.99. The van der Waals surface area contributed by atoms with Gasteiger partial charge in [0.2, 0.25) is 0 Å². The Morgan fingerprint density at radius 1 is 1.00 bits per heavy atom. The van der Waals surface area contributed by atoms with Crippen LogP contribution in [-0.4, -0.2) is 0 Å². The van der Waals surface area contributed by atoms with Gasteiger partial charge in [-0.1, -0.05) is 10.8 Å². The second kappa shape index (κ2) is 6.50. The Morgan fingerprint density at radius 3 is 2.60 bits per heavy atom. The van der Waals surface area contributed by atoms with Gasteiger partial charge in [0.05, 0.1) is 5.03 Å². The fraction of sp³-hybridized carbons (Fsp3) is 0. The van der Waals surface area contributed by atoms with Crippen LogP contribution in [-0.2, 0) is 0 Å². The van der Waals surface area contributed by atoms with E-state index in [9.17, 15) is 0 Å². The lowest BCUT2D eigenvalue weighted by molar-refractivity contribution is 1.58. The van der Waals surface area contributed by atoms with Crippen molar-refractivity contribution in [3.63, 3.8) is 0 Å². The molecule has 1 nitrogen and oxygen atoms in total. The molecular formula is C2H3NS7. The zero-order chi connectivity index (χ0) is 7.23. The van der Waals surface area contributed by atoms with Gasteiger partial charge in [-0.2, -0.15) is 0 Å². The fourth-order valence-electron chi connectivity index (χ4n) is 0.190. The Kier molecular flexibility index (Phi) is 6.55. The van der Waals surface area contributed by atoms with E-state index in [1.165, 1.54) is 0 Å². The van der Waals surface area contributed by atoms with Crippen molar-refractivity contribution in [2.75, 3.05) is 0 Å². The van der Waals surface area contributed by atoms with E-state index < -0.39 is 0 Å². The van der Waals surface area contributed by atoms with Crippen molar-refractivity contribution in [2.45, 2.75) is 0 Å². The van der Waals surface area contributed by atoms with Crippen molar-refractivity contribution in [1.29, 1.82) is 0 Å². The first-order chi connectivity index (χ1) is 4.89. The molecule has 10 heavy (non-hydrogen) atoms. The van der Waals surface area contributed by atoms with Gasteiger partial charge in [-0.05, 0) is 59.9 Å². The molecule has 0 saturated heterocycles. The number of rotatable bonds is 0. The van der Waals surface area contributed by atoms with Gasteiger partial charge in [-0.25, -0.2) is 0 Å². The molecule has 2 N–H and O–H groups in total. The maximum Gasteiger partial charge on any atom is 0.0844 e. The van der Waals surface area contributed by atoms with Crippen LogP contribution in [0.3, 0.4) is 0 Å². The average molecular weight is 266 g/mol. The number of hydrogen-bond acceptors (Lipinski definition) is 8.